The molecule has 118 valence electrons. The molecule has 0 heterocycles. The first-order chi connectivity index (χ1) is 10.1. The third-order valence-corrected chi connectivity index (χ3v) is 3.10. The van der Waals surface area contributed by atoms with Crippen LogP contribution in [0.25, 0.3) is 0 Å². The number of amides is 1. The molecule has 1 atom stereocenters. The average Bonchev–Trinajstić information content (AvgIpc) is 2.47. The Balaban J connectivity index is 2.53. The van der Waals surface area contributed by atoms with Crippen molar-refractivity contribution in [2.24, 2.45) is 5.73 Å². The molecule has 0 aliphatic rings. The van der Waals surface area contributed by atoms with Gasteiger partial charge in [0.1, 0.15) is 5.75 Å². The predicted octanol–water partition coefficient (Wildman–Crippen LogP) is 1.91. The lowest BCUT2D eigenvalue weighted by Gasteiger charge is -2.21. The largest absolute Gasteiger partial charge is 0.494 e. The molecule has 5 nitrogen and oxygen atoms in total. The molecule has 2 N–H and O–H groups in total. The molecule has 0 fully saturated rings. The monoisotopic (exact) mass is 294 g/mol. The molecule has 0 spiro atoms. The Morgan fingerprint density at radius 1 is 1.33 bits per heavy atom. The van der Waals surface area contributed by atoms with Crippen molar-refractivity contribution in [1.82, 2.24) is 4.90 Å². The van der Waals surface area contributed by atoms with E-state index in [0.717, 1.165) is 18.6 Å². The fraction of sp³-hybridized carbons (Fsp3) is 0.562. The van der Waals surface area contributed by atoms with E-state index in [2.05, 4.69) is 6.92 Å². The number of methoxy groups -OCH3 is 1. The highest BCUT2D eigenvalue weighted by Crippen LogP contribution is 2.14. The number of hydrogen-bond acceptors (Lipinski definition) is 4. The summed E-state index contributed by atoms with van der Waals surface area (Å²) in [6.45, 7) is 3.72. The third kappa shape index (κ3) is 6.14. The molecular weight excluding hydrogens is 268 g/mol. The Kier molecular flexibility index (Phi) is 7.79. The van der Waals surface area contributed by atoms with Crippen molar-refractivity contribution in [2.75, 3.05) is 33.9 Å². The van der Waals surface area contributed by atoms with Crippen LogP contribution in [0, 0.1) is 0 Å². The lowest BCUT2D eigenvalue weighted by molar-refractivity contribution is 0.0764. The predicted molar refractivity (Wildman–Crippen MR) is 83.7 cm³/mol. The van der Waals surface area contributed by atoms with E-state index in [9.17, 15) is 4.79 Å². The summed E-state index contributed by atoms with van der Waals surface area (Å²) in [6, 6.07) is 7.03. The summed E-state index contributed by atoms with van der Waals surface area (Å²) in [5, 5.41) is 0. The molecule has 0 aromatic heterocycles. The standard InChI is InChI=1S/C16H26N2O3/c1-4-5-10-21-15-8-6-13(7-9-15)16(19)18(2)11-14(17)12-20-3/h6-9,14H,4-5,10-12,17H2,1-3H3. The van der Waals surface area contributed by atoms with Crippen molar-refractivity contribution in [2.45, 2.75) is 25.8 Å². The van der Waals surface area contributed by atoms with Crippen LogP contribution in [-0.4, -0.2) is 50.8 Å². The number of rotatable bonds is 9. The van der Waals surface area contributed by atoms with E-state index in [1.807, 2.05) is 12.1 Å². The zero-order chi connectivity index (χ0) is 15.7. The molecule has 1 aromatic rings. The number of unbranched alkanes of at least 4 members (excludes halogenated alkanes) is 1. The number of carbonyl (C=O) groups is 1. The van der Waals surface area contributed by atoms with Crippen molar-refractivity contribution >= 4 is 5.91 Å². The first kappa shape index (κ1) is 17.5. The third-order valence-electron chi connectivity index (χ3n) is 3.10. The molecular formula is C16H26N2O3. The summed E-state index contributed by atoms with van der Waals surface area (Å²) in [7, 11) is 3.34. The number of nitrogens with two attached hydrogens (primary N) is 1. The van der Waals surface area contributed by atoms with Gasteiger partial charge in [0, 0.05) is 32.3 Å². The van der Waals surface area contributed by atoms with Crippen LogP contribution in [0.15, 0.2) is 24.3 Å². The molecule has 0 saturated carbocycles. The first-order valence-electron chi connectivity index (χ1n) is 7.31. The lowest BCUT2D eigenvalue weighted by Crippen LogP contribution is -2.41. The molecule has 1 unspecified atom stereocenters. The molecule has 5 heteroatoms. The first-order valence-corrected chi connectivity index (χ1v) is 7.31. The van der Waals surface area contributed by atoms with Gasteiger partial charge >= 0.3 is 0 Å². The smallest absolute Gasteiger partial charge is 0.253 e. The van der Waals surface area contributed by atoms with Gasteiger partial charge in [-0.05, 0) is 30.7 Å². The summed E-state index contributed by atoms with van der Waals surface area (Å²) >= 11 is 0. The van der Waals surface area contributed by atoms with Crippen molar-refractivity contribution in [3.63, 3.8) is 0 Å². The van der Waals surface area contributed by atoms with E-state index in [1.165, 1.54) is 0 Å². The maximum atomic E-state index is 12.2. The maximum Gasteiger partial charge on any atom is 0.253 e. The fourth-order valence-corrected chi connectivity index (χ4v) is 1.95. The Bertz CT molecular complexity index is 420. The molecule has 1 amide bonds. The minimum Gasteiger partial charge on any atom is -0.494 e. The van der Waals surface area contributed by atoms with Crippen LogP contribution in [0.4, 0.5) is 0 Å². The number of benzene rings is 1. The van der Waals surface area contributed by atoms with Crippen molar-refractivity contribution in [3.8, 4) is 5.75 Å². The van der Waals surface area contributed by atoms with Crippen molar-refractivity contribution in [1.29, 1.82) is 0 Å². The quantitative estimate of drug-likeness (QED) is 0.707. The normalized spacial score (nSPS) is 12.0. The Morgan fingerprint density at radius 3 is 2.57 bits per heavy atom. The van der Waals surface area contributed by atoms with Crippen LogP contribution in [0.3, 0.4) is 0 Å². The molecule has 0 aliphatic heterocycles. The zero-order valence-corrected chi connectivity index (χ0v) is 13.2. The van der Waals surface area contributed by atoms with Gasteiger partial charge in [-0.1, -0.05) is 13.3 Å². The average molecular weight is 294 g/mol. The van der Waals surface area contributed by atoms with E-state index in [-0.39, 0.29) is 11.9 Å². The summed E-state index contributed by atoms with van der Waals surface area (Å²) in [5.41, 5.74) is 6.48. The van der Waals surface area contributed by atoms with Gasteiger partial charge in [0.2, 0.25) is 0 Å². The molecule has 0 aliphatic carbocycles. The van der Waals surface area contributed by atoms with Crippen LogP contribution in [0.2, 0.25) is 0 Å². The SMILES string of the molecule is CCCCOc1ccc(C(=O)N(C)CC(N)COC)cc1. The van der Waals surface area contributed by atoms with E-state index >= 15 is 0 Å². The molecule has 1 aromatic carbocycles. The van der Waals surface area contributed by atoms with E-state index in [1.54, 1.807) is 31.2 Å². The Labute approximate surface area is 127 Å². The zero-order valence-electron chi connectivity index (χ0n) is 13.2. The van der Waals surface area contributed by atoms with Crippen LogP contribution in [0.5, 0.6) is 5.75 Å². The maximum absolute atomic E-state index is 12.2. The van der Waals surface area contributed by atoms with Gasteiger partial charge in [0.05, 0.1) is 13.2 Å². The highest BCUT2D eigenvalue weighted by atomic mass is 16.5. The molecule has 1 rings (SSSR count). The number of nitrogens with zero attached hydrogens (tertiary/aromatic N) is 1. The van der Waals surface area contributed by atoms with Gasteiger partial charge in [0.25, 0.3) is 5.91 Å². The minimum atomic E-state index is -0.180. The summed E-state index contributed by atoms with van der Waals surface area (Å²) in [4.78, 5) is 13.9. The van der Waals surface area contributed by atoms with E-state index in [0.29, 0.717) is 25.3 Å². The number of likely N-dealkylation sites (N-methyl/N-ethyl adjacent to an activating group) is 1. The highest BCUT2D eigenvalue weighted by molar-refractivity contribution is 5.94. The second-order valence-corrected chi connectivity index (χ2v) is 5.13. The van der Waals surface area contributed by atoms with Crippen LogP contribution in [-0.2, 0) is 4.74 Å². The minimum absolute atomic E-state index is 0.0540. The molecule has 0 bridgehead atoms. The number of carbonyl (C=O) groups excluding carboxylic acids is 1. The van der Waals surface area contributed by atoms with Gasteiger partial charge in [-0.2, -0.15) is 0 Å². The fourth-order valence-electron chi connectivity index (χ4n) is 1.95. The van der Waals surface area contributed by atoms with Gasteiger partial charge in [-0.25, -0.2) is 0 Å². The van der Waals surface area contributed by atoms with Crippen LogP contribution in [0.1, 0.15) is 30.1 Å². The molecule has 0 radical (unpaired) electrons. The second-order valence-electron chi connectivity index (χ2n) is 5.13. The summed E-state index contributed by atoms with van der Waals surface area (Å²) < 4.78 is 10.5. The van der Waals surface area contributed by atoms with E-state index < -0.39 is 0 Å². The Hall–Kier alpha value is -1.59. The van der Waals surface area contributed by atoms with Crippen molar-refractivity contribution < 1.29 is 14.3 Å². The number of ether oxygens (including phenoxy) is 2. The van der Waals surface area contributed by atoms with Gasteiger partial charge in [-0.15, -0.1) is 0 Å². The summed E-state index contributed by atoms with van der Waals surface area (Å²) in [5.74, 6) is 0.736. The summed E-state index contributed by atoms with van der Waals surface area (Å²) in [6.07, 6.45) is 2.13. The second kappa shape index (κ2) is 9.37. The highest BCUT2D eigenvalue weighted by Gasteiger charge is 2.14. The molecule has 0 saturated heterocycles. The van der Waals surface area contributed by atoms with Gasteiger partial charge in [0.15, 0.2) is 0 Å². The molecule has 21 heavy (non-hydrogen) atoms. The van der Waals surface area contributed by atoms with Gasteiger partial charge < -0.3 is 20.1 Å². The van der Waals surface area contributed by atoms with Crippen molar-refractivity contribution in [3.05, 3.63) is 29.8 Å². The number of hydrogen-bond donors (Lipinski definition) is 1. The van der Waals surface area contributed by atoms with E-state index in [4.69, 9.17) is 15.2 Å². The van der Waals surface area contributed by atoms with Gasteiger partial charge in [-0.3, -0.25) is 4.79 Å². The Morgan fingerprint density at radius 2 is 2.00 bits per heavy atom. The lowest BCUT2D eigenvalue weighted by atomic mass is 10.2. The van der Waals surface area contributed by atoms with Crippen LogP contribution >= 0.6 is 0 Å². The topological polar surface area (TPSA) is 64.8 Å². The van der Waals surface area contributed by atoms with Crippen LogP contribution < -0.4 is 10.5 Å².